The molecule has 0 aromatic carbocycles. The number of nitrogens with one attached hydrogen (secondary N) is 2. The molecule has 2 N–H and O–H groups in total. The fraction of sp³-hybridized carbons (Fsp3) is 0.455. The van der Waals surface area contributed by atoms with E-state index in [9.17, 15) is 0 Å². The van der Waals surface area contributed by atoms with Gasteiger partial charge in [-0.2, -0.15) is 0 Å². The molecule has 0 aliphatic rings. The summed E-state index contributed by atoms with van der Waals surface area (Å²) in [4.78, 5) is 4.19. The van der Waals surface area contributed by atoms with Gasteiger partial charge < -0.3 is 15.4 Å². The van der Waals surface area contributed by atoms with Gasteiger partial charge in [-0.1, -0.05) is 6.07 Å². The van der Waals surface area contributed by atoms with E-state index < -0.39 is 0 Å². The third-order valence-electron chi connectivity index (χ3n) is 1.95. The normalized spacial score (nSPS) is 11.9. The molecule has 0 aliphatic carbocycles. The Morgan fingerprint density at radius 1 is 1.56 bits per heavy atom. The topological polar surface area (TPSA) is 46.2 Å². The van der Waals surface area contributed by atoms with Crippen LogP contribution in [0.4, 0.5) is 0 Å². The Labute approximate surface area is 101 Å². The van der Waals surface area contributed by atoms with Crippen molar-refractivity contribution in [2.75, 3.05) is 13.7 Å². The fourth-order valence-corrected chi connectivity index (χ4v) is 1.51. The predicted octanol–water partition coefficient (Wildman–Crippen LogP) is 1.08. The molecule has 0 bridgehead atoms. The summed E-state index contributed by atoms with van der Waals surface area (Å²) in [6.45, 7) is 3.27. The molecular formula is C11H17N3OS. The van der Waals surface area contributed by atoms with Crippen molar-refractivity contribution in [3.05, 3.63) is 30.1 Å². The maximum absolute atomic E-state index is 5.14. The quantitative estimate of drug-likeness (QED) is 0.753. The summed E-state index contributed by atoms with van der Waals surface area (Å²) in [6.07, 6.45) is 1.76. The van der Waals surface area contributed by atoms with Crippen molar-refractivity contribution in [2.24, 2.45) is 0 Å². The minimum Gasteiger partial charge on any atom is -0.383 e. The Balaban J connectivity index is 2.25. The zero-order valence-corrected chi connectivity index (χ0v) is 10.4. The summed E-state index contributed by atoms with van der Waals surface area (Å²) >= 11 is 5.14. The highest BCUT2D eigenvalue weighted by Gasteiger charge is 2.02. The maximum atomic E-state index is 5.14. The van der Waals surface area contributed by atoms with Gasteiger partial charge in [-0.3, -0.25) is 4.98 Å². The highest BCUT2D eigenvalue weighted by atomic mass is 32.1. The van der Waals surface area contributed by atoms with Crippen LogP contribution in [0.3, 0.4) is 0 Å². The molecule has 0 saturated heterocycles. The second-order valence-corrected chi connectivity index (χ2v) is 3.91. The van der Waals surface area contributed by atoms with Crippen LogP contribution >= 0.6 is 12.2 Å². The zero-order chi connectivity index (χ0) is 11.8. The van der Waals surface area contributed by atoms with Crippen LogP contribution in [0, 0.1) is 0 Å². The van der Waals surface area contributed by atoms with Crippen molar-refractivity contribution in [2.45, 2.75) is 19.5 Å². The van der Waals surface area contributed by atoms with Gasteiger partial charge in [0.1, 0.15) is 0 Å². The van der Waals surface area contributed by atoms with Gasteiger partial charge in [0.05, 0.1) is 18.8 Å². The Hall–Kier alpha value is -1.20. The lowest BCUT2D eigenvalue weighted by Crippen LogP contribution is -2.42. The second-order valence-electron chi connectivity index (χ2n) is 3.50. The molecule has 0 saturated carbocycles. The molecule has 1 aromatic rings. The number of ether oxygens (including phenoxy) is 1. The predicted molar refractivity (Wildman–Crippen MR) is 68.1 cm³/mol. The van der Waals surface area contributed by atoms with Crippen LogP contribution in [0.15, 0.2) is 24.4 Å². The molecule has 0 aliphatic heterocycles. The first-order chi connectivity index (χ1) is 7.72. The molecule has 88 valence electrons. The van der Waals surface area contributed by atoms with Crippen molar-refractivity contribution >= 4 is 17.3 Å². The number of pyridine rings is 1. The number of thiocarbonyl (C=S) groups is 1. The second kappa shape index (κ2) is 7.14. The summed E-state index contributed by atoms with van der Waals surface area (Å²) in [6, 6.07) is 6.00. The average molecular weight is 239 g/mol. The highest BCUT2D eigenvalue weighted by Crippen LogP contribution is 1.92. The van der Waals surface area contributed by atoms with Crippen LogP contribution in [0.1, 0.15) is 12.6 Å². The molecule has 1 unspecified atom stereocenters. The lowest BCUT2D eigenvalue weighted by molar-refractivity contribution is 0.179. The summed E-state index contributed by atoms with van der Waals surface area (Å²) in [5.74, 6) is 0. The van der Waals surface area contributed by atoms with E-state index in [1.54, 1.807) is 13.3 Å². The smallest absolute Gasteiger partial charge is 0.166 e. The Kier molecular flexibility index (Phi) is 5.74. The molecule has 1 atom stereocenters. The summed E-state index contributed by atoms with van der Waals surface area (Å²) in [7, 11) is 1.67. The monoisotopic (exact) mass is 239 g/mol. The van der Waals surface area contributed by atoms with Crippen LogP contribution in [0.5, 0.6) is 0 Å². The number of rotatable bonds is 5. The molecule has 1 aromatic heterocycles. The Bertz CT molecular complexity index is 318. The molecule has 0 amide bonds. The minimum absolute atomic E-state index is 0.203. The van der Waals surface area contributed by atoms with Crippen LogP contribution < -0.4 is 10.6 Å². The van der Waals surface area contributed by atoms with Gasteiger partial charge in [0.15, 0.2) is 5.11 Å². The molecule has 0 fully saturated rings. The number of nitrogens with zero attached hydrogens (tertiary/aromatic N) is 1. The highest BCUT2D eigenvalue weighted by molar-refractivity contribution is 7.80. The molecule has 0 radical (unpaired) electrons. The van der Waals surface area contributed by atoms with Crippen LogP contribution in [0.2, 0.25) is 0 Å². The summed E-state index contributed by atoms with van der Waals surface area (Å²) < 4.78 is 5.01. The molecule has 16 heavy (non-hydrogen) atoms. The summed E-state index contributed by atoms with van der Waals surface area (Å²) in [5, 5.41) is 6.83. The van der Waals surface area contributed by atoms with Gasteiger partial charge in [-0.05, 0) is 31.3 Å². The number of methoxy groups -OCH3 is 1. The van der Waals surface area contributed by atoms with E-state index in [2.05, 4.69) is 15.6 Å². The summed E-state index contributed by atoms with van der Waals surface area (Å²) in [5.41, 5.74) is 0.964. The number of hydrogen-bond donors (Lipinski definition) is 2. The Morgan fingerprint density at radius 3 is 3.00 bits per heavy atom. The van der Waals surface area contributed by atoms with Gasteiger partial charge >= 0.3 is 0 Å². The standard InChI is InChI=1S/C11H17N3OS/c1-9(8-15-2)14-11(16)13-7-10-5-3-4-6-12-10/h3-6,9H,7-8H2,1-2H3,(H2,13,14,16). The largest absolute Gasteiger partial charge is 0.383 e. The average Bonchev–Trinajstić information content (AvgIpc) is 2.28. The van der Waals surface area contributed by atoms with Crippen LogP contribution in [-0.4, -0.2) is 29.9 Å². The van der Waals surface area contributed by atoms with Crippen molar-refractivity contribution in [3.8, 4) is 0 Å². The molecule has 1 heterocycles. The molecule has 1 rings (SSSR count). The van der Waals surface area contributed by atoms with E-state index >= 15 is 0 Å². The van der Waals surface area contributed by atoms with Crippen molar-refractivity contribution in [1.29, 1.82) is 0 Å². The first kappa shape index (κ1) is 12.9. The van der Waals surface area contributed by atoms with Gasteiger partial charge in [-0.15, -0.1) is 0 Å². The van der Waals surface area contributed by atoms with E-state index in [-0.39, 0.29) is 6.04 Å². The van der Waals surface area contributed by atoms with Crippen LogP contribution in [-0.2, 0) is 11.3 Å². The van der Waals surface area contributed by atoms with E-state index in [4.69, 9.17) is 17.0 Å². The van der Waals surface area contributed by atoms with E-state index in [1.807, 2.05) is 25.1 Å². The van der Waals surface area contributed by atoms with Gasteiger partial charge in [-0.25, -0.2) is 0 Å². The van der Waals surface area contributed by atoms with E-state index in [0.29, 0.717) is 18.3 Å². The lowest BCUT2D eigenvalue weighted by Gasteiger charge is -2.15. The lowest BCUT2D eigenvalue weighted by atomic mass is 10.3. The molecule has 4 nitrogen and oxygen atoms in total. The van der Waals surface area contributed by atoms with Crippen molar-refractivity contribution in [1.82, 2.24) is 15.6 Å². The number of aromatic nitrogens is 1. The van der Waals surface area contributed by atoms with Gasteiger partial charge in [0, 0.05) is 19.3 Å². The third kappa shape index (κ3) is 5.04. The number of hydrogen-bond acceptors (Lipinski definition) is 3. The maximum Gasteiger partial charge on any atom is 0.166 e. The zero-order valence-electron chi connectivity index (χ0n) is 9.56. The van der Waals surface area contributed by atoms with E-state index in [1.165, 1.54) is 0 Å². The minimum atomic E-state index is 0.203. The first-order valence-corrected chi connectivity index (χ1v) is 5.56. The Morgan fingerprint density at radius 2 is 2.38 bits per heavy atom. The fourth-order valence-electron chi connectivity index (χ4n) is 1.24. The van der Waals surface area contributed by atoms with E-state index in [0.717, 1.165) is 5.69 Å². The third-order valence-corrected chi connectivity index (χ3v) is 2.21. The SMILES string of the molecule is COCC(C)NC(=S)NCc1ccccn1. The van der Waals surface area contributed by atoms with Gasteiger partial charge in [0.25, 0.3) is 0 Å². The molecule has 5 heteroatoms. The van der Waals surface area contributed by atoms with Gasteiger partial charge in [0.2, 0.25) is 0 Å². The van der Waals surface area contributed by atoms with Crippen molar-refractivity contribution < 1.29 is 4.74 Å². The van der Waals surface area contributed by atoms with Crippen LogP contribution in [0.25, 0.3) is 0 Å². The van der Waals surface area contributed by atoms with Crippen molar-refractivity contribution in [3.63, 3.8) is 0 Å². The first-order valence-electron chi connectivity index (χ1n) is 5.15. The molecule has 0 spiro atoms. The molecular weight excluding hydrogens is 222 g/mol.